The number of hydrogen-bond donors (Lipinski definition) is 0. The molecule has 43 heavy (non-hydrogen) atoms. The molecule has 0 N–H and O–H groups in total. The monoisotopic (exact) mass is 573 g/mol. The van der Waals surface area contributed by atoms with Gasteiger partial charge in [0.15, 0.2) is 5.76 Å². The number of piperazine rings is 1. The summed E-state index contributed by atoms with van der Waals surface area (Å²) in [6.07, 6.45) is 0. The standard InChI is InChI=1S/C37H36FN3O2/c38-34-19-11-10-18-32(34)27-39(26-29-12-4-1-5-13-29)28-33-20-21-35(43-33)37(42)41-24-22-40(23-25-41)36(30-14-6-2-7-15-30)31-16-8-3-9-17-31/h1-21,36H,22-28H2. The minimum Gasteiger partial charge on any atom is -0.455 e. The zero-order chi connectivity index (χ0) is 29.4. The lowest BCUT2D eigenvalue weighted by atomic mass is 9.96. The highest BCUT2D eigenvalue weighted by molar-refractivity contribution is 5.91. The van der Waals surface area contributed by atoms with E-state index in [4.69, 9.17) is 4.42 Å². The van der Waals surface area contributed by atoms with Crippen molar-refractivity contribution in [3.05, 3.63) is 167 Å². The molecule has 1 aromatic heterocycles. The first-order chi connectivity index (χ1) is 21.1. The number of hydrogen-bond acceptors (Lipinski definition) is 4. The molecule has 0 aliphatic carbocycles. The van der Waals surface area contributed by atoms with Gasteiger partial charge in [0.25, 0.3) is 5.91 Å². The van der Waals surface area contributed by atoms with Gasteiger partial charge in [0, 0.05) is 44.8 Å². The second-order valence-electron chi connectivity index (χ2n) is 11.0. The van der Waals surface area contributed by atoms with E-state index in [2.05, 4.69) is 70.5 Å². The Hall–Kier alpha value is -4.52. The molecule has 0 saturated carbocycles. The second kappa shape index (κ2) is 13.6. The van der Waals surface area contributed by atoms with Gasteiger partial charge in [-0.1, -0.05) is 109 Å². The molecule has 0 unspecified atom stereocenters. The first-order valence-electron chi connectivity index (χ1n) is 14.9. The van der Waals surface area contributed by atoms with E-state index >= 15 is 0 Å². The summed E-state index contributed by atoms with van der Waals surface area (Å²) in [6, 6.07) is 41.8. The minimum absolute atomic E-state index is 0.0921. The van der Waals surface area contributed by atoms with Gasteiger partial charge in [-0.3, -0.25) is 14.6 Å². The van der Waals surface area contributed by atoms with E-state index in [1.165, 1.54) is 17.2 Å². The van der Waals surface area contributed by atoms with E-state index in [-0.39, 0.29) is 17.8 Å². The van der Waals surface area contributed by atoms with Gasteiger partial charge >= 0.3 is 0 Å². The van der Waals surface area contributed by atoms with Crippen LogP contribution in [0.3, 0.4) is 0 Å². The quantitative estimate of drug-likeness (QED) is 0.178. The molecule has 0 atom stereocenters. The van der Waals surface area contributed by atoms with Crippen molar-refractivity contribution in [1.82, 2.24) is 14.7 Å². The summed E-state index contributed by atoms with van der Waals surface area (Å²) < 4.78 is 20.6. The fourth-order valence-corrected chi connectivity index (χ4v) is 5.90. The Morgan fingerprint density at radius 3 is 1.88 bits per heavy atom. The van der Waals surface area contributed by atoms with E-state index in [0.29, 0.717) is 49.8 Å². The molecule has 5 aromatic rings. The number of halogens is 1. The molecule has 1 amide bonds. The van der Waals surface area contributed by atoms with Crippen LogP contribution in [0.25, 0.3) is 0 Å². The first kappa shape index (κ1) is 28.6. The van der Waals surface area contributed by atoms with Crippen molar-refractivity contribution in [3.63, 3.8) is 0 Å². The third-order valence-corrected chi connectivity index (χ3v) is 8.05. The van der Waals surface area contributed by atoms with Crippen LogP contribution in [0.5, 0.6) is 0 Å². The molecule has 1 aliphatic heterocycles. The second-order valence-corrected chi connectivity index (χ2v) is 11.0. The zero-order valence-corrected chi connectivity index (χ0v) is 24.2. The topological polar surface area (TPSA) is 39.9 Å². The summed E-state index contributed by atoms with van der Waals surface area (Å²) >= 11 is 0. The maximum Gasteiger partial charge on any atom is 0.289 e. The summed E-state index contributed by atoms with van der Waals surface area (Å²) in [6.45, 7) is 4.29. The van der Waals surface area contributed by atoms with Gasteiger partial charge in [-0.25, -0.2) is 4.39 Å². The first-order valence-corrected chi connectivity index (χ1v) is 14.9. The Balaban J connectivity index is 1.12. The van der Waals surface area contributed by atoms with Crippen molar-refractivity contribution in [3.8, 4) is 0 Å². The highest BCUT2D eigenvalue weighted by Crippen LogP contribution is 2.30. The third-order valence-electron chi connectivity index (χ3n) is 8.05. The maximum atomic E-state index is 14.5. The van der Waals surface area contributed by atoms with E-state index in [1.807, 2.05) is 53.4 Å². The normalized spacial score (nSPS) is 14.0. The number of amides is 1. The van der Waals surface area contributed by atoms with Gasteiger partial charge in [-0.05, 0) is 34.9 Å². The maximum absolute atomic E-state index is 14.5. The molecule has 0 radical (unpaired) electrons. The van der Waals surface area contributed by atoms with Crippen molar-refractivity contribution in [1.29, 1.82) is 0 Å². The highest BCUT2D eigenvalue weighted by atomic mass is 19.1. The van der Waals surface area contributed by atoms with Crippen LogP contribution in [0.2, 0.25) is 0 Å². The van der Waals surface area contributed by atoms with E-state index in [0.717, 1.165) is 18.7 Å². The van der Waals surface area contributed by atoms with Crippen LogP contribution in [0.1, 0.15) is 44.6 Å². The molecule has 1 fully saturated rings. The molecule has 0 bridgehead atoms. The minimum atomic E-state index is -0.225. The Bertz CT molecular complexity index is 1560. The predicted octanol–water partition coefficient (Wildman–Crippen LogP) is 7.17. The van der Waals surface area contributed by atoms with Crippen LogP contribution in [0.4, 0.5) is 4.39 Å². The van der Waals surface area contributed by atoms with Crippen LogP contribution in [0, 0.1) is 5.82 Å². The number of carbonyl (C=O) groups is 1. The fourth-order valence-electron chi connectivity index (χ4n) is 5.90. The van der Waals surface area contributed by atoms with Crippen LogP contribution >= 0.6 is 0 Å². The Morgan fingerprint density at radius 2 is 1.26 bits per heavy atom. The summed E-state index contributed by atoms with van der Waals surface area (Å²) in [4.78, 5) is 20.0. The molecule has 4 aromatic carbocycles. The Labute approximate surface area is 252 Å². The van der Waals surface area contributed by atoms with Crippen molar-refractivity contribution >= 4 is 5.91 Å². The fraction of sp³-hybridized carbons (Fsp3) is 0.216. The molecule has 1 aliphatic rings. The van der Waals surface area contributed by atoms with Crippen LogP contribution in [-0.4, -0.2) is 46.8 Å². The molecule has 5 nitrogen and oxygen atoms in total. The van der Waals surface area contributed by atoms with Gasteiger partial charge in [0.05, 0.1) is 12.6 Å². The molecular weight excluding hydrogens is 537 g/mol. The summed E-state index contributed by atoms with van der Waals surface area (Å²) in [7, 11) is 0. The number of rotatable bonds is 10. The van der Waals surface area contributed by atoms with Crippen molar-refractivity contribution in [2.45, 2.75) is 25.7 Å². The Kier molecular flexibility index (Phi) is 9.07. The van der Waals surface area contributed by atoms with E-state index < -0.39 is 0 Å². The lowest BCUT2D eigenvalue weighted by molar-refractivity contribution is 0.0564. The molecule has 2 heterocycles. The molecule has 6 heteroatoms. The molecule has 218 valence electrons. The number of benzene rings is 4. The lowest BCUT2D eigenvalue weighted by Gasteiger charge is -2.39. The van der Waals surface area contributed by atoms with Gasteiger partial charge in [0.1, 0.15) is 11.6 Å². The van der Waals surface area contributed by atoms with Gasteiger partial charge in [-0.15, -0.1) is 0 Å². The van der Waals surface area contributed by atoms with Crippen LogP contribution in [0.15, 0.2) is 132 Å². The van der Waals surface area contributed by atoms with Crippen LogP contribution < -0.4 is 0 Å². The summed E-state index contributed by atoms with van der Waals surface area (Å²) in [5.41, 5.74) is 4.26. The number of carbonyl (C=O) groups excluding carboxylic acids is 1. The predicted molar refractivity (Wildman–Crippen MR) is 167 cm³/mol. The van der Waals surface area contributed by atoms with E-state index in [1.54, 1.807) is 12.1 Å². The summed E-state index contributed by atoms with van der Waals surface area (Å²) in [5.74, 6) is 0.710. The van der Waals surface area contributed by atoms with Crippen molar-refractivity contribution in [2.75, 3.05) is 26.2 Å². The van der Waals surface area contributed by atoms with Crippen LogP contribution in [-0.2, 0) is 19.6 Å². The summed E-state index contributed by atoms with van der Waals surface area (Å²) in [5, 5.41) is 0. The van der Waals surface area contributed by atoms with Crippen molar-refractivity contribution in [2.24, 2.45) is 0 Å². The number of furan rings is 1. The average molecular weight is 574 g/mol. The van der Waals surface area contributed by atoms with Gasteiger partial charge in [0.2, 0.25) is 0 Å². The molecule has 1 saturated heterocycles. The lowest BCUT2D eigenvalue weighted by Crippen LogP contribution is -2.49. The average Bonchev–Trinajstić information content (AvgIpc) is 3.52. The largest absolute Gasteiger partial charge is 0.455 e. The Morgan fingerprint density at radius 1 is 0.674 bits per heavy atom. The smallest absolute Gasteiger partial charge is 0.289 e. The molecule has 6 rings (SSSR count). The molecule has 0 spiro atoms. The van der Waals surface area contributed by atoms with E-state index in [9.17, 15) is 9.18 Å². The molecular formula is C37H36FN3O2. The van der Waals surface area contributed by atoms with Crippen molar-refractivity contribution < 1.29 is 13.6 Å². The highest BCUT2D eigenvalue weighted by Gasteiger charge is 2.29. The third kappa shape index (κ3) is 7.11. The van der Waals surface area contributed by atoms with Gasteiger partial charge in [-0.2, -0.15) is 0 Å². The SMILES string of the molecule is O=C(c1ccc(CN(Cc2ccccc2)Cc2ccccc2F)o1)N1CCN(C(c2ccccc2)c2ccccc2)CC1. The number of nitrogens with zero attached hydrogens (tertiary/aromatic N) is 3. The van der Waals surface area contributed by atoms with Gasteiger partial charge < -0.3 is 9.32 Å². The zero-order valence-electron chi connectivity index (χ0n) is 24.2.